The molecule has 0 aliphatic rings. The Morgan fingerprint density at radius 1 is 0.792 bits per heavy atom. The molecule has 0 atom stereocenters. The zero-order valence-electron chi connectivity index (χ0n) is 14.1. The van der Waals surface area contributed by atoms with Crippen molar-refractivity contribution in [2.75, 3.05) is 7.11 Å². The van der Waals surface area contributed by atoms with Crippen LogP contribution in [0.3, 0.4) is 0 Å². The minimum Gasteiger partial charge on any atom is -0.497 e. The van der Waals surface area contributed by atoms with Gasteiger partial charge in [0, 0.05) is 10.9 Å². The number of benzene rings is 3. The first kappa shape index (κ1) is 14.7. The van der Waals surface area contributed by atoms with E-state index in [-0.39, 0.29) is 0 Å². The zero-order valence-corrected chi connectivity index (χ0v) is 14.1. The number of pyridine rings is 1. The molecule has 0 aliphatic carbocycles. The van der Waals surface area contributed by atoms with Crippen LogP contribution in [0.15, 0.2) is 60.7 Å². The van der Waals surface area contributed by atoms with Gasteiger partial charge in [0.25, 0.3) is 0 Å². The maximum atomic E-state index is 5.31. The molecular weight excluding hydrogens is 294 g/mol. The first-order valence-electron chi connectivity index (χ1n) is 8.11. The zero-order chi connectivity index (χ0) is 16.7. The highest BCUT2D eigenvalue weighted by molar-refractivity contribution is 5.91. The van der Waals surface area contributed by atoms with Gasteiger partial charge in [-0.3, -0.25) is 0 Å². The average Bonchev–Trinajstić information content (AvgIpc) is 2.64. The Morgan fingerprint density at radius 3 is 2.38 bits per heavy atom. The largest absolute Gasteiger partial charge is 0.497 e. The maximum absolute atomic E-state index is 5.31. The summed E-state index contributed by atoms with van der Waals surface area (Å²) in [6.07, 6.45) is 0. The summed E-state index contributed by atoms with van der Waals surface area (Å²) < 4.78 is 5.31. The lowest BCUT2D eigenvalue weighted by molar-refractivity contribution is 0.415. The third-order valence-corrected chi connectivity index (χ3v) is 4.78. The summed E-state index contributed by atoms with van der Waals surface area (Å²) in [5.74, 6) is 0.881. The van der Waals surface area contributed by atoms with Gasteiger partial charge in [0.05, 0.1) is 18.3 Å². The Morgan fingerprint density at radius 2 is 1.54 bits per heavy atom. The van der Waals surface area contributed by atoms with Crippen LogP contribution in [0.25, 0.3) is 32.9 Å². The molecule has 0 aliphatic heterocycles. The molecule has 0 N–H and O–H groups in total. The molecule has 0 saturated heterocycles. The summed E-state index contributed by atoms with van der Waals surface area (Å²) in [5.41, 5.74) is 5.79. The first-order chi connectivity index (χ1) is 11.7. The highest BCUT2D eigenvalue weighted by Gasteiger charge is 2.11. The average molecular weight is 313 g/mol. The Balaban J connectivity index is 1.93. The number of para-hydroxylation sites is 1. The molecule has 0 spiro atoms. The maximum Gasteiger partial charge on any atom is 0.119 e. The quantitative estimate of drug-likeness (QED) is 0.475. The molecule has 1 aromatic heterocycles. The van der Waals surface area contributed by atoms with E-state index < -0.39 is 0 Å². The van der Waals surface area contributed by atoms with Gasteiger partial charge in [-0.25, -0.2) is 4.98 Å². The number of aromatic nitrogens is 1. The van der Waals surface area contributed by atoms with Crippen LogP contribution < -0.4 is 4.74 Å². The van der Waals surface area contributed by atoms with Crippen LogP contribution in [0, 0.1) is 13.8 Å². The second kappa shape index (κ2) is 5.64. The molecule has 4 rings (SSSR count). The van der Waals surface area contributed by atoms with Crippen LogP contribution in [0.2, 0.25) is 0 Å². The minimum atomic E-state index is 0.881. The number of hydrogen-bond acceptors (Lipinski definition) is 2. The Bertz CT molecular complexity index is 1070. The lowest BCUT2D eigenvalue weighted by atomic mass is 9.97. The van der Waals surface area contributed by atoms with Gasteiger partial charge in [0.1, 0.15) is 5.75 Å². The van der Waals surface area contributed by atoms with Crippen molar-refractivity contribution in [3.8, 4) is 17.0 Å². The van der Waals surface area contributed by atoms with Gasteiger partial charge in [-0.1, -0.05) is 36.4 Å². The van der Waals surface area contributed by atoms with Crippen LogP contribution in [-0.2, 0) is 0 Å². The van der Waals surface area contributed by atoms with Crippen molar-refractivity contribution < 1.29 is 4.74 Å². The summed E-state index contributed by atoms with van der Waals surface area (Å²) in [7, 11) is 1.70. The summed E-state index contributed by atoms with van der Waals surface area (Å²) in [6.45, 7) is 4.33. The number of methoxy groups -OCH3 is 1. The molecule has 4 aromatic rings. The minimum absolute atomic E-state index is 0.881. The molecule has 0 radical (unpaired) electrons. The molecule has 0 bridgehead atoms. The third kappa shape index (κ3) is 2.31. The van der Waals surface area contributed by atoms with Crippen molar-refractivity contribution in [1.29, 1.82) is 0 Å². The summed E-state index contributed by atoms with van der Waals surface area (Å²) in [5, 5.41) is 3.60. The van der Waals surface area contributed by atoms with Crippen LogP contribution in [0.1, 0.15) is 11.1 Å². The van der Waals surface area contributed by atoms with Crippen LogP contribution in [0.5, 0.6) is 5.75 Å². The molecule has 1 heterocycles. The molecule has 0 amide bonds. The number of fused-ring (bicyclic) bond motifs is 2. The van der Waals surface area contributed by atoms with Crippen molar-refractivity contribution in [2.45, 2.75) is 13.8 Å². The van der Waals surface area contributed by atoms with Crippen molar-refractivity contribution in [3.05, 3.63) is 71.8 Å². The fraction of sp³-hybridized carbons (Fsp3) is 0.136. The predicted octanol–water partition coefficient (Wildman–Crippen LogP) is 5.68. The van der Waals surface area contributed by atoms with E-state index in [1.54, 1.807) is 7.11 Å². The van der Waals surface area contributed by atoms with E-state index in [4.69, 9.17) is 9.72 Å². The van der Waals surface area contributed by atoms with Crippen molar-refractivity contribution in [3.63, 3.8) is 0 Å². The lowest BCUT2D eigenvalue weighted by Gasteiger charge is -2.12. The van der Waals surface area contributed by atoms with Crippen molar-refractivity contribution in [1.82, 2.24) is 4.98 Å². The first-order valence-corrected chi connectivity index (χ1v) is 8.11. The third-order valence-electron chi connectivity index (χ3n) is 4.78. The van der Waals surface area contributed by atoms with Crippen LogP contribution in [0.4, 0.5) is 0 Å². The number of nitrogens with zero attached hydrogens (tertiary/aromatic N) is 1. The standard InChI is InChI=1S/C22H19NO/c1-14-15(2)22(23-21-7-5-4-6-20(14)21)18-9-8-17-13-19(24-3)11-10-16(17)12-18/h4-13H,1-3H3. The predicted molar refractivity (Wildman–Crippen MR) is 101 cm³/mol. The summed E-state index contributed by atoms with van der Waals surface area (Å²) >= 11 is 0. The van der Waals surface area contributed by atoms with Gasteiger partial charge in [-0.2, -0.15) is 0 Å². The highest BCUT2D eigenvalue weighted by atomic mass is 16.5. The SMILES string of the molecule is COc1ccc2cc(-c3nc4ccccc4c(C)c3C)ccc2c1. The van der Waals surface area contributed by atoms with Crippen molar-refractivity contribution >= 4 is 21.7 Å². The lowest BCUT2D eigenvalue weighted by Crippen LogP contribution is -1.94. The molecule has 24 heavy (non-hydrogen) atoms. The normalized spacial score (nSPS) is 11.1. The van der Waals surface area contributed by atoms with Crippen LogP contribution in [-0.4, -0.2) is 12.1 Å². The number of hydrogen-bond donors (Lipinski definition) is 0. The van der Waals surface area contributed by atoms with Gasteiger partial charge in [0.2, 0.25) is 0 Å². The monoisotopic (exact) mass is 313 g/mol. The number of ether oxygens (including phenoxy) is 1. The highest BCUT2D eigenvalue weighted by Crippen LogP contribution is 2.31. The smallest absolute Gasteiger partial charge is 0.119 e. The van der Waals surface area contributed by atoms with E-state index >= 15 is 0 Å². The van der Waals surface area contributed by atoms with E-state index in [2.05, 4.69) is 62.4 Å². The van der Waals surface area contributed by atoms with E-state index in [1.165, 1.54) is 27.3 Å². The molecule has 2 heteroatoms. The fourth-order valence-corrected chi connectivity index (χ4v) is 3.25. The van der Waals surface area contributed by atoms with Gasteiger partial charge in [-0.05, 0) is 60.0 Å². The Hall–Kier alpha value is -2.87. The van der Waals surface area contributed by atoms with E-state index in [0.717, 1.165) is 22.5 Å². The number of aryl methyl sites for hydroxylation is 1. The molecule has 2 nitrogen and oxygen atoms in total. The number of rotatable bonds is 2. The summed E-state index contributed by atoms with van der Waals surface area (Å²) in [4.78, 5) is 4.92. The van der Waals surface area contributed by atoms with E-state index in [9.17, 15) is 0 Å². The molecule has 0 unspecified atom stereocenters. The van der Waals surface area contributed by atoms with Gasteiger partial charge < -0.3 is 4.74 Å². The second-order valence-corrected chi connectivity index (χ2v) is 6.16. The second-order valence-electron chi connectivity index (χ2n) is 6.16. The van der Waals surface area contributed by atoms with Gasteiger partial charge in [0.15, 0.2) is 0 Å². The summed E-state index contributed by atoms with van der Waals surface area (Å²) in [6, 6.07) is 21.0. The van der Waals surface area contributed by atoms with Gasteiger partial charge >= 0.3 is 0 Å². The van der Waals surface area contributed by atoms with Crippen LogP contribution >= 0.6 is 0 Å². The molecule has 0 fully saturated rings. The van der Waals surface area contributed by atoms with E-state index in [1.807, 2.05) is 12.1 Å². The topological polar surface area (TPSA) is 22.1 Å². The van der Waals surface area contributed by atoms with Gasteiger partial charge in [-0.15, -0.1) is 0 Å². The Labute approximate surface area is 141 Å². The molecule has 0 saturated carbocycles. The molecular formula is C22H19NO. The fourth-order valence-electron chi connectivity index (χ4n) is 3.25. The molecule has 3 aromatic carbocycles. The van der Waals surface area contributed by atoms with Crippen molar-refractivity contribution in [2.24, 2.45) is 0 Å². The molecule has 118 valence electrons. The Kier molecular flexibility index (Phi) is 3.46. The van der Waals surface area contributed by atoms with E-state index in [0.29, 0.717) is 0 Å².